The summed E-state index contributed by atoms with van der Waals surface area (Å²) in [7, 11) is 2.39. The van der Waals surface area contributed by atoms with E-state index in [1.807, 2.05) is 19.0 Å². The normalized spacial score (nSPS) is 12.1. The van der Waals surface area contributed by atoms with Crippen LogP contribution in [0.3, 0.4) is 0 Å². The van der Waals surface area contributed by atoms with Gasteiger partial charge < -0.3 is 25.0 Å². The molecule has 0 radical (unpaired) electrons. The summed E-state index contributed by atoms with van der Waals surface area (Å²) in [5.41, 5.74) is 1.62. The van der Waals surface area contributed by atoms with Gasteiger partial charge in [0.05, 0.1) is 23.5 Å². The number of aryl methyl sites for hydroxylation is 1. The van der Waals surface area contributed by atoms with E-state index in [4.69, 9.17) is 4.74 Å². The molecule has 3 aromatic rings. The predicted molar refractivity (Wildman–Crippen MR) is 155 cm³/mol. The monoisotopic (exact) mass is 575 g/mol. The quantitative estimate of drug-likeness (QED) is 0.137. The number of benzene rings is 2. The van der Waals surface area contributed by atoms with E-state index in [1.165, 1.54) is 12.4 Å². The number of ether oxygens (including phenoxy) is 2. The lowest BCUT2D eigenvalue weighted by molar-refractivity contribution is -0.133. The van der Waals surface area contributed by atoms with Crippen molar-refractivity contribution in [1.29, 1.82) is 0 Å². The van der Waals surface area contributed by atoms with Gasteiger partial charge in [0, 0.05) is 32.1 Å². The largest absolute Gasteiger partial charge is 0.489 e. The maximum absolute atomic E-state index is 15.4. The second-order valence-corrected chi connectivity index (χ2v) is 16.3. The molecular weight excluding hydrogens is 539 g/mol. The summed E-state index contributed by atoms with van der Waals surface area (Å²) in [5, 5.41) is 6.33. The van der Waals surface area contributed by atoms with E-state index in [1.54, 1.807) is 36.4 Å². The number of likely N-dealkylation sites (N-methyl/N-ethyl adjacent to an activating group) is 1. The minimum Gasteiger partial charge on any atom is -0.489 e. The van der Waals surface area contributed by atoms with Gasteiger partial charge in [-0.25, -0.2) is 14.4 Å². The van der Waals surface area contributed by atoms with Gasteiger partial charge in [-0.3, -0.25) is 4.79 Å². The lowest BCUT2D eigenvalue weighted by Crippen LogP contribution is -2.20. The first-order valence-electron chi connectivity index (χ1n) is 12.9. The standard InChI is InChI=1S/C28H36F3N5O3Si/c1-36(2)12-7-10-25(37)34-23-16-20-22(17-24(23)38-13-14-39-28(30)31)32-18-33-27(20)35-21-9-6-8-19(26(21)29)11-15-40(3,4)5/h6-10,16-18,28H,11-15H2,1-5H3,(H,34,37)(H,32,33,35)/b10-7+. The molecule has 0 saturated heterocycles. The SMILES string of the molecule is CN(C)C/C=C/C(=O)Nc1cc2c(Nc3cccc(CC[Si](C)(C)C)c3F)ncnc2cc1OCCOC(F)F. The minimum atomic E-state index is -2.92. The molecule has 1 amide bonds. The van der Waals surface area contributed by atoms with E-state index in [9.17, 15) is 13.6 Å². The molecular formula is C28H36F3N5O3Si. The van der Waals surface area contributed by atoms with E-state index < -0.39 is 20.6 Å². The maximum Gasteiger partial charge on any atom is 0.345 e. The molecule has 1 heterocycles. The van der Waals surface area contributed by atoms with E-state index in [2.05, 4.69) is 45.0 Å². The van der Waals surface area contributed by atoms with Crippen molar-refractivity contribution in [3.8, 4) is 5.75 Å². The molecule has 0 aliphatic heterocycles. The fourth-order valence-corrected chi connectivity index (χ4v) is 4.76. The molecule has 2 N–H and O–H groups in total. The average Bonchev–Trinajstić information content (AvgIpc) is 2.86. The third-order valence-corrected chi connectivity index (χ3v) is 7.55. The van der Waals surface area contributed by atoms with Crippen molar-refractivity contribution < 1.29 is 27.4 Å². The van der Waals surface area contributed by atoms with Crippen molar-refractivity contribution in [3.63, 3.8) is 0 Å². The number of fused-ring (bicyclic) bond motifs is 1. The molecule has 0 saturated carbocycles. The Morgan fingerprint density at radius 1 is 1.12 bits per heavy atom. The highest BCUT2D eigenvalue weighted by Crippen LogP contribution is 2.34. The van der Waals surface area contributed by atoms with Crippen LogP contribution in [-0.4, -0.2) is 69.3 Å². The number of hydrogen-bond donors (Lipinski definition) is 2. The number of carbonyl (C=O) groups is 1. The first-order valence-corrected chi connectivity index (χ1v) is 16.6. The average molecular weight is 576 g/mol. The highest BCUT2D eigenvalue weighted by atomic mass is 28.3. The molecule has 3 rings (SSSR count). The van der Waals surface area contributed by atoms with Gasteiger partial charge in [-0.15, -0.1) is 0 Å². The zero-order valence-corrected chi connectivity index (χ0v) is 24.4. The van der Waals surface area contributed by atoms with Crippen molar-refractivity contribution >= 4 is 42.1 Å². The van der Waals surface area contributed by atoms with Crippen LogP contribution in [0, 0.1) is 5.82 Å². The van der Waals surface area contributed by atoms with Gasteiger partial charge in [-0.1, -0.05) is 43.9 Å². The van der Waals surface area contributed by atoms with E-state index in [0.717, 1.165) is 6.04 Å². The lowest BCUT2D eigenvalue weighted by atomic mass is 10.1. The Morgan fingerprint density at radius 3 is 2.60 bits per heavy atom. The molecule has 40 heavy (non-hydrogen) atoms. The predicted octanol–water partition coefficient (Wildman–Crippen LogP) is 6.07. The molecule has 0 aliphatic rings. The molecule has 0 unspecified atom stereocenters. The minimum absolute atomic E-state index is 0.180. The van der Waals surface area contributed by atoms with E-state index in [0.29, 0.717) is 35.2 Å². The first-order chi connectivity index (χ1) is 18.9. The second kappa shape index (κ2) is 14.2. The van der Waals surface area contributed by atoms with Crippen molar-refractivity contribution in [2.24, 2.45) is 0 Å². The molecule has 0 bridgehead atoms. The first kappa shape index (κ1) is 31.0. The number of nitrogens with one attached hydrogen (secondary N) is 2. The van der Waals surface area contributed by atoms with Crippen molar-refractivity contribution in [1.82, 2.24) is 14.9 Å². The molecule has 8 nitrogen and oxygen atoms in total. The van der Waals surface area contributed by atoms with Crippen LogP contribution in [0.15, 0.2) is 48.8 Å². The van der Waals surface area contributed by atoms with Crippen molar-refractivity contribution in [2.45, 2.75) is 38.7 Å². The third kappa shape index (κ3) is 9.61. The van der Waals surface area contributed by atoms with Gasteiger partial charge in [0.25, 0.3) is 0 Å². The summed E-state index contributed by atoms with van der Waals surface area (Å²) in [6.07, 6.45) is 5.05. The van der Waals surface area contributed by atoms with E-state index in [-0.39, 0.29) is 36.2 Å². The summed E-state index contributed by atoms with van der Waals surface area (Å²) in [6.45, 7) is 3.85. The summed E-state index contributed by atoms with van der Waals surface area (Å²) in [4.78, 5) is 23.1. The Kier molecular flexibility index (Phi) is 11.1. The van der Waals surface area contributed by atoms with Crippen LogP contribution in [0.2, 0.25) is 25.7 Å². The zero-order chi connectivity index (χ0) is 29.3. The van der Waals surface area contributed by atoms with Gasteiger partial charge in [0.1, 0.15) is 30.3 Å². The fraction of sp³-hybridized carbons (Fsp3) is 0.393. The summed E-state index contributed by atoms with van der Waals surface area (Å²) >= 11 is 0. The van der Waals surface area contributed by atoms with Crippen LogP contribution in [0.1, 0.15) is 5.56 Å². The Hall–Kier alpha value is -3.48. The van der Waals surface area contributed by atoms with Gasteiger partial charge in [0.15, 0.2) is 0 Å². The van der Waals surface area contributed by atoms with Gasteiger partial charge in [0.2, 0.25) is 5.91 Å². The molecule has 216 valence electrons. The highest BCUT2D eigenvalue weighted by molar-refractivity contribution is 6.76. The van der Waals surface area contributed by atoms with E-state index >= 15 is 4.39 Å². The Balaban J connectivity index is 1.93. The van der Waals surface area contributed by atoms with Gasteiger partial charge in [-0.05, 0) is 38.2 Å². The maximum atomic E-state index is 15.4. The number of anilines is 3. The number of halogens is 3. The van der Waals surface area contributed by atoms with Crippen LogP contribution in [-0.2, 0) is 16.0 Å². The number of nitrogens with zero attached hydrogens (tertiary/aromatic N) is 3. The van der Waals surface area contributed by atoms with Crippen molar-refractivity contribution in [2.75, 3.05) is 44.5 Å². The Labute approximate surface area is 233 Å². The second-order valence-electron chi connectivity index (χ2n) is 10.7. The molecule has 0 atom stereocenters. The number of amides is 1. The molecule has 0 fully saturated rings. The number of rotatable bonds is 14. The topological polar surface area (TPSA) is 88.6 Å². The Bertz CT molecular complexity index is 1330. The van der Waals surface area contributed by atoms with Crippen LogP contribution in [0.5, 0.6) is 5.75 Å². The summed E-state index contributed by atoms with van der Waals surface area (Å²) in [6, 6.07) is 9.35. The molecule has 0 aliphatic carbocycles. The summed E-state index contributed by atoms with van der Waals surface area (Å²) in [5.74, 6) is -0.213. The van der Waals surface area contributed by atoms with Crippen LogP contribution in [0.4, 0.5) is 30.4 Å². The Morgan fingerprint density at radius 2 is 1.90 bits per heavy atom. The zero-order valence-electron chi connectivity index (χ0n) is 23.4. The number of hydrogen-bond acceptors (Lipinski definition) is 7. The van der Waals surface area contributed by atoms with Crippen LogP contribution >= 0.6 is 0 Å². The molecule has 2 aromatic carbocycles. The smallest absolute Gasteiger partial charge is 0.345 e. The molecule has 12 heteroatoms. The highest BCUT2D eigenvalue weighted by Gasteiger charge is 2.17. The van der Waals surface area contributed by atoms with Gasteiger partial charge >= 0.3 is 6.61 Å². The van der Waals surface area contributed by atoms with Crippen LogP contribution < -0.4 is 15.4 Å². The van der Waals surface area contributed by atoms with Crippen LogP contribution in [0.25, 0.3) is 10.9 Å². The van der Waals surface area contributed by atoms with Gasteiger partial charge in [-0.2, -0.15) is 8.78 Å². The third-order valence-electron chi connectivity index (χ3n) is 5.80. The number of alkyl halides is 2. The lowest BCUT2D eigenvalue weighted by Gasteiger charge is -2.17. The fourth-order valence-electron chi connectivity index (χ4n) is 3.74. The summed E-state index contributed by atoms with van der Waals surface area (Å²) < 4.78 is 50.1. The molecule has 0 spiro atoms. The molecule has 1 aromatic heterocycles. The number of aromatic nitrogens is 2. The van der Waals surface area contributed by atoms with Crippen molar-refractivity contribution in [3.05, 3.63) is 60.2 Å². The number of carbonyl (C=O) groups excluding carboxylic acids is 1.